The Morgan fingerprint density at radius 2 is 1.86 bits per heavy atom. The summed E-state index contributed by atoms with van der Waals surface area (Å²) in [5.41, 5.74) is 1.78. The molecular formula is C21H20N4O3S. The first-order valence-electron chi connectivity index (χ1n) is 9.28. The lowest BCUT2D eigenvalue weighted by atomic mass is 10.2. The summed E-state index contributed by atoms with van der Waals surface area (Å²) in [6.07, 6.45) is 1.17. The SMILES string of the molecule is COc1ccc(-n2c(SCC(=O)N3CCCC3=O)nnc2-c2ccccc2)cc1. The lowest BCUT2D eigenvalue weighted by Gasteiger charge is -2.14. The van der Waals surface area contributed by atoms with Crippen LogP contribution in [0.2, 0.25) is 0 Å². The average molecular weight is 408 g/mol. The molecule has 0 radical (unpaired) electrons. The zero-order chi connectivity index (χ0) is 20.2. The molecule has 2 amide bonds. The number of rotatable bonds is 6. The minimum Gasteiger partial charge on any atom is -0.497 e. The highest BCUT2D eigenvalue weighted by Crippen LogP contribution is 2.29. The van der Waals surface area contributed by atoms with Crippen molar-refractivity contribution in [3.63, 3.8) is 0 Å². The van der Waals surface area contributed by atoms with Gasteiger partial charge in [0.2, 0.25) is 11.8 Å². The summed E-state index contributed by atoms with van der Waals surface area (Å²) >= 11 is 1.28. The third-order valence-electron chi connectivity index (χ3n) is 4.70. The second-order valence-corrected chi connectivity index (χ2v) is 7.48. The topological polar surface area (TPSA) is 77.3 Å². The van der Waals surface area contributed by atoms with Gasteiger partial charge in [0.1, 0.15) is 5.75 Å². The van der Waals surface area contributed by atoms with Crippen molar-refractivity contribution in [2.75, 3.05) is 19.4 Å². The van der Waals surface area contributed by atoms with E-state index < -0.39 is 0 Å². The molecule has 8 heteroatoms. The number of carbonyl (C=O) groups is 2. The number of methoxy groups -OCH3 is 1. The largest absolute Gasteiger partial charge is 0.497 e. The molecule has 2 heterocycles. The molecule has 0 aliphatic carbocycles. The van der Waals surface area contributed by atoms with Crippen LogP contribution in [0.25, 0.3) is 17.1 Å². The van der Waals surface area contributed by atoms with E-state index in [1.54, 1.807) is 7.11 Å². The van der Waals surface area contributed by atoms with Gasteiger partial charge in [0.25, 0.3) is 0 Å². The first kappa shape index (κ1) is 19.2. The first-order chi connectivity index (χ1) is 14.2. The molecule has 7 nitrogen and oxygen atoms in total. The van der Waals surface area contributed by atoms with E-state index in [2.05, 4.69) is 10.2 Å². The molecular weight excluding hydrogens is 388 g/mol. The Hall–Kier alpha value is -3.13. The Morgan fingerprint density at radius 3 is 2.52 bits per heavy atom. The molecule has 0 atom stereocenters. The van der Waals surface area contributed by atoms with Crippen LogP contribution in [0, 0.1) is 0 Å². The Bertz CT molecular complexity index is 1020. The maximum Gasteiger partial charge on any atom is 0.239 e. The number of nitrogens with zero attached hydrogens (tertiary/aromatic N) is 4. The molecule has 1 aromatic heterocycles. The van der Waals surface area contributed by atoms with Gasteiger partial charge in [0, 0.05) is 24.2 Å². The van der Waals surface area contributed by atoms with Crippen molar-refractivity contribution in [1.82, 2.24) is 19.7 Å². The number of hydrogen-bond donors (Lipinski definition) is 0. The molecule has 0 bridgehead atoms. The zero-order valence-electron chi connectivity index (χ0n) is 15.9. The number of likely N-dealkylation sites (tertiary alicyclic amines) is 1. The summed E-state index contributed by atoms with van der Waals surface area (Å²) in [6.45, 7) is 0.499. The van der Waals surface area contributed by atoms with Gasteiger partial charge in [-0.15, -0.1) is 10.2 Å². The van der Waals surface area contributed by atoms with Crippen LogP contribution >= 0.6 is 11.8 Å². The number of amides is 2. The minimum absolute atomic E-state index is 0.0998. The first-order valence-corrected chi connectivity index (χ1v) is 10.3. The van der Waals surface area contributed by atoms with E-state index in [-0.39, 0.29) is 17.6 Å². The molecule has 1 fully saturated rings. The predicted octanol–water partition coefficient (Wildman–Crippen LogP) is 3.18. The van der Waals surface area contributed by atoms with Gasteiger partial charge in [-0.3, -0.25) is 19.1 Å². The van der Waals surface area contributed by atoms with Crippen molar-refractivity contribution in [2.24, 2.45) is 0 Å². The Balaban J connectivity index is 1.65. The predicted molar refractivity (Wildman–Crippen MR) is 110 cm³/mol. The van der Waals surface area contributed by atoms with Gasteiger partial charge in [0.15, 0.2) is 11.0 Å². The quantitative estimate of drug-likeness (QED) is 0.583. The number of aromatic nitrogens is 3. The molecule has 1 aliphatic rings. The number of imide groups is 1. The van der Waals surface area contributed by atoms with Crippen LogP contribution in [0.5, 0.6) is 5.75 Å². The highest BCUT2D eigenvalue weighted by Gasteiger charge is 2.27. The molecule has 4 rings (SSSR count). The summed E-state index contributed by atoms with van der Waals surface area (Å²) in [4.78, 5) is 25.6. The molecule has 3 aromatic rings. The molecule has 0 unspecified atom stereocenters. The third-order valence-corrected chi connectivity index (χ3v) is 5.61. The van der Waals surface area contributed by atoms with E-state index in [9.17, 15) is 9.59 Å². The summed E-state index contributed by atoms with van der Waals surface area (Å²) in [5, 5.41) is 9.27. The molecule has 0 N–H and O–H groups in total. The summed E-state index contributed by atoms with van der Waals surface area (Å²) in [7, 11) is 1.62. The maximum atomic E-state index is 12.4. The molecule has 0 spiro atoms. The van der Waals surface area contributed by atoms with Crippen molar-refractivity contribution >= 4 is 23.6 Å². The van der Waals surface area contributed by atoms with E-state index in [0.29, 0.717) is 23.9 Å². The Labute approximate surface area is 172 Å². The molecule has 1 saturated heterocycles. The van der Waals surface area contributed by atoms with Gasteiger partial charge in [-0.05, 0) is 30.7 Å². The number of thioether (sulfide) groups is 1. The highest BCUT2D eigenvalue weighted by molar-refractivity contribution is 7.99. The van der Waals surface area contributed by atoms with E-state index in [1.807, 2.05) is 59.2 Å². The molecule has 148 valence electrons. The van der Waals surface area contributed by atoms with Crippen LogP contribution < -0.4 is 4.74 Å². The van der Waals surface area contributed by atoms with Crippen LogP contribution in [-0.2, 0) is 9.59 Å². The molecule has 1 aliphatic heterocycles. The standard InChI is InChI=1S/C21H20N4O3S/c1-28-17-11-9-16(10-12-17)25-20(15-6-3-2-4-7-15)22-23-21(25)29-14-19(27)24-13-5-8-18(24)26/h2-4,6-7,9-12H,5,8,13-14H2,1H3. The van der Waals surface area contributed by atoms with Crippen LogP contribution in [0.3, 0.4) is 0 Å². The van der Waals surface area contributed by atoms with Crippen LogP contribution in [0.4, 0.5) is 0 Å². The van der Waals surface area contributed by atoms with E-state index in [0.717, 1.165) is 23.4 Å². The minimum atomic E-state index is -0.192. The number of benzene rings is 2. The van der Waals surface area contributed by atoms with Crippen molar-refractivity contribution in [1.29, 1.82) is 0 Å². The molecule has 2 aromatic carbocycles. The van der Waals surface area contributed by atoms with E-state index >= 15 is 0 Å². The summed E-state index contributed by atoms with van der Waals surface area (Å²) in [6, 6.07) is 17.3. The molecule has 0 saturated carbocycles. The Morgan fingerprint density at radius 1 is 1.10 bits per heavy atom. The van der Waals surface area contributed by atoms with Crippen LogP contribution in [0.1, 0.15) is 12.8 Å². The third kappa shape index (κ3) is 4.02. The molecule has 29 heavy (non-hydrogen) atoms. The fourth-order valence-corrected chi connectivity index (χ4v) is 4.05. The smallest absolute Gasteiger partial charge is 0.239 e. The van der Waals surface area contributed by atoms with Crippen LogP contribution in [0.15, 0.2) is 59.8 Å². The summed E-state index contributed by atoms with van der Waals surface area (Å²) in [5.74, 6) is 1.28. The van der Waals surface area contributed by atoms with Gasteiger partial charge < -0.3 is 4.74 Å². The number of ether oxygens (including phenoxy) is 1. The number of carbonyl (C=O) groups excluding carboxylic acids is 2. The van der Waals surface area contributed by atoms with Gasteiger partial charge >= 0.3 is 0 Å². The van der Waals surface area contributed by atoms with E-state index in [1.165, 1.54) is 16.7 Å². The van der Waals surface area contributed by atoms with Gasteiger partial charge in [0.05, 0.1) is 12.9 Å². The number of hydrogen-bond acceptors (Lipinski definition) is 6. The van der Waals surface area contributed by atoms with Crippen molar-refractivity contribution in [2.45, 2.75) is 18.0 Å². The van der Waals surface area contributed by atoms with E-state index in [4.69, 9.17) is 4.74 Å². The second kappa shape index (κ2) is 8.48. The average Bonchev–Trinajstić information content (AvgIpc) is 3.39. The lowest BCUT2D eigenvalue weighted by Crippen LogP contribution is -2.33. The second-order valence-electron chi connectivity index (χ2n) is 6.54. The Kier molecular flexibility index (Phi) is 5.62. The normalized spacial score (nSPS) is 13.7. The monoisotopic (exact) mass is 408 g/mol. The van der Waals surface area contributed by atoms with Crippen molar-refractivity contribution in [3.05, 3.63) is 54.6 Å². The van der Waals surface area contributed by atoms with Crippen LogP contribution in [-0.4, -0.2) is 50.9 Å². The van der Waals surface area contributed by atoms with Gasteiger partial charge in [-0.2, -0.15) is 0 Å². The van der Waals surface area contributed by atoms with Gasteiger partial charge in [-0.25, -0.2) is 0 Å². The van der Waals surface area contributed by atoms with Crippen molar-refractivity contribution < 1.29 is 14.3 Å². The van der Waals surface area contributed by atoms with Gasteiger partial charge in [-0.1, -0.05) is 42.1 Å². The van der Waals surface area contributed by atoms with Crippen molar-refractivity contribution in [3.8, 4) is 22.8 Å². The fourth-order valence-electron chi connectivity index (χ4n) is 3.22. The lowest BCUT2D eigenvalue weighted by molar-refractivity contribution is -0.140. The fraction of sp³-hybridized carbons (Fsp3) is 0.238. The maximum absolute atomic E-state index is 12.4. The highest BCUT2D eigenvalue weighted by atomic mass is 32.2. The zero-order valence-corrected chi connectivity index (χ0v) is 16.8. The summed E-state index contributed by atoms with van der Waals surface area (Å²) < 4.78 is 7.17.